The van der Waals surface area contributed by atoms with Crippen molar-refractivity contribution in [2.24, 2.45) is 0 Å². The largest absolute Gasteiger partial charge is 0.298 e. The zero-order chi connectivity index (χ0) is 13.8. The van der Waals surface area contributed by atoms with E-state index in [1.165, 1.54) is 5.56 Å². The fourth-order valence-electron chi connectivity index (χ4n) is 1.72. The van der Waals surface area contributed by atoms with Crippen LogP contribution in [0.4, 0.5) is 0 Å². The topological polar surface area (TPSA) is 17.1 Å². The van der Waals surface area contributed by atoms with Crippen molar-refractivity contribution >= 4 is 29.6 Å². The molecule has 0 fully saturated rings. The molecule has 0 aliphatic rings. The van der Waals surface area contributed by atoms with Gasteiger partial charge in [-0.25, -0.2) is 0 Å². The first kappa shape index (κ1) is 14.2. The van der Waals surface area contributed by atoms with Crippen LogP contribution < -0.4 is 0 Å². The minimum absolute atomic E-state index is 0.537. The third-order valence-corrected chi connectivity index (χ3v) is 4.38. The Hall–Kier alpha value is -1.25. The number of rotatable bonds is 4. The molecule has 0 bridgehead atoms. The minimum atomic E-state index is 0.537. The highest BCUT2D eigenvalue weighted by molar-refractivity contribution is 7.99. The van der Waals surface area contributed by atoms with E-state index in [4.69, 9.17) is 11.6 Å². The van der Waals surface area contributed by atoms with E-state index in [1.54, 1.807) is 23.9 Å². The van der Waals surface area contributed by atoms with Crippen LogP contribution in [0.25, 0.3) is 0 Å². The number of carbonyl (C=O) groups excluding carboxylic acids is 1. The number of hydrogen-bond donors (Lipinski definition) is 0. The van der Waals surface area contributed by atoms with Crippen LogP contribution in [0.1, 0.15) is 35.7 Å². The number of aldehydes is 1. The van der Waals surface area contributed by atoms with Gasteiger partial charge in [0.2, 0.25) is 0 Å². The summed E-state index contributed by atoms with van der Waals surface area (Å²) in [4.78, 5) is 12.8. The van der Waals surface area contributed by atoms with Gasteiger partial charge in [0.15, 0.2) is 0 Å². The van der Waals surface area contributed by atoms with Crippen LogP contribution in [0, 0.1) is 0 Å². The fraction of sp³-hybridized carbons (Fsp3) is 0.188. The van der Waals surface area contributed by atoms with Crippen molar-refractivity contribution in [1.82, 2.24) is 0 Å². The van der Waals surface area contributed by atoms with E-state index < -0.39 is 0 Å². The van der Waals surface area contributed by atoms with Crippen molar-refractivity contribution in [1.29, 1.82) is 0 Å². The number of carbonyl (C=O) groups is 1. The summed E-state index contributed by atoms with van der Waals surface area (Å²) in [5.41, 5.74) is 1.93. The van der Waals surface area contributed by atoms with Crippen molar-refractivity contribution in [3.8, 4) is 0 Å². The van der Waals surface area contributed by atoms with Crippen LogP contribution in [-0.4, -0.2) is 6.29 Å². The molecule has 3 heteroatoms. The Balaban J connectivity index is 2.19. The zero-order valence-corrected chi connectivity index (χ0v) is 12.5. The first-order valence-corrected chi connectivity index (χ1v) is 7.32. The third-order valence-electron chi connectivity index (χ3n) is 2.87. The van der Waals surface area contributed by atoms with E-state index in [-0.39, 0.29) is 0 Å². The fourth-order valence-corrected chi connectivity index (χ4v) is 2.84. The first-order chi connectivity index (χ1) is 9.10. The predicted octanol–water partition coefficient (Wildman–Crippen LogP) is 5.43. The molecule has 0 atom stereocenters. The Morgan fingerprint density at radius 1 is 1.11 bits per heavy atom. The summed E-state index contributed by atoms with van der Waals surface area (Å²) in [6, 6.07) is 13.8. The quantitative estimate of drug-likeness (QED) is 0.699. The van der Waals surface area contributed by atoms with Gasteiger partial charge in [-0.3, -0.25) is 4.79 Å². The van der Waals surface area contributed by atoms with Crippen LogP contribution in [0.3, 0.4) is 0 Å². The van der Waals surface area contributed by atoms with Gasteiger partial charge in [-0.15, -0.1) is 0 Å². The molecule has 0 amide bonds. The predicted molar refractivity (Wildman–Crippen MR) is 81.5 cm³/mol. The van der Waals surface area contributed by atoms with Gasteiger partial charge in [0, 0.05) is 15.4 Å². The van der Waals surface area contributed by atoms with Gasteiger partial charge in [0.1, 0.15) is 6.29 Å². The molecule has 1 nitrogen and oxygen atoms in total. The van der Waals surface area contributed by atoms with Crippen LogP contribution >= 0.6 is 23.4 Å². The Bertz CT molecular complexity index is 576. The Labute approximate surface area is 123 Å². The van der Waals surface area contributed by atoms with Gasteiger partial charge in [0.05, 0.1) is 5.02 Å². The van der Waals surface area contributed by atoms with Gasteiger partial charge in [0.25, 0.3) is 0 Å². The molecule has 0 spiro atoms. The smallest absolute Gasteiger partial charge is 0.150 e. The molecule has 0 saturated carbocycles. The van der Waals surface area contributed by atoms with Gasteiger partial charge in [-0.1, -0.05) is 55.4 Å². The Morgan fingerprint density at radius 2 is 1.79 bits per heavy atom. The minimum Gasteiger partial charge on any atom is -0.298 e. The average molecular weight is 291 g/mol. The van der Waals surface area contributed by atoms with Crippen LogP contribution in [0.2, 0.25) is 5.02 Å². The average Bonchev–Trinajstić information content (AvgIpc) is 2.41. The lowest BCUT2D eigenvalue weighted by molar-refractivity contribution is 0.112. The van der Waals surface area contributed by atoms with Crippen molar-refractivity contribution in [2.75, 3.05) is 0 Å². The van der Waals surface area contributed by atoms with Gasteiger partial charge in [-0.05, 0) is 35.7 Å². The maximum absolute atomic E-state index is 10.7. The van der Waals surface area contributed by atoms with Crippen LogP contribution in [-0.2, 0) is 0 Å². The first-order valence-electron chi connectivity index (χ1n) is 6.12. The zero-order valence-electron chi connectivity index (χ0n) is 10.9. The van der Waals surface area contributed by atoms with E-state index >= 15 is 0 Å². The highest BCUT2D eigenvalue weighted by Gasteiger charge is 2.05. The maximum Gasteiger partial charge on any atom is 0.150 e. The molecule has 0 saturated heterocycles. The summed E-state index contributed by atoms with van der Waals surface area (Å²) in [6.07, 6.45) is 0.803. The van der Waals surface area contributed by atoms with Crippen molar-refractivity contribution in [2.45, 2.75) is 29.6 Å². The van der Waals surface area contributed by atoms with Crippen LogP contribution in [0.15, 0.2) is 52.3 Å². The van der Waals surface area contributed by atoms with E-state index in [0.29, 0.717) is 16.5 Å². The highest BCUT2D eigenvalue weighted by atomic mass is 35.5. The van der Waals surface area contributed by atoms with Crippen LogP contribution in [0.5, 0.6) is 0 Å². The standard InChI is InChI=1S/C16H15ClOS/c1-11(2)13-4-6-14(7-5-13)19-16-8-3-12(10-18)9-15(16)17/h3-11H,1-2H3. The van der Waals surface area contributed by atoms with Gasteiger partial charge in [-0.2, -0.15) is 0 Å². The molecule has 0 aliphatic carbocycles. The number of hydrogen-bond acceptors (Lipinski definition) is 2. The lowest BCUT2D eigenvalue weighted by Crippen LogP contribution is -1.86. The lowest BCUT2D eigenvalue weighted by atomic mass is 10.0. The van der Waals surface area contributed by atoms with E-state index in [2.05, 4.69) is 38.1 Å². The van der Waals surface area contributed by atoms with E-state index in [0.717, 1.165) is 16.1 Å². The molecular formula is C16H15ClOS. The molecule has 98 valence electrons. The second-order valence-electron chi connectivity index (χ2n) is 4.63. The summed E-state index contributed by atoms with van der Waals surface area (Å²) >= 11 is 7.77. The Kier molecular flexibility index (Phi) is 4.67. The normalized spacial score (nSPS) is 10.7. The lowest BCUT2D eigenvalue weighted by Gasteiger charge is -2.08. The molecule has 0 N–H and O–H groups in total. The van der Waals surface area contributed by atoms with E-state index in [1.807, 2.05) is 6.07 Å². The van der Waals surface area contributed by atoms with Crippen molar-refractivity contribution in [3.05, 3.63) is 58.6 Å². The molecule has 2 aromatic carbocycles. The molecule has 0 heterocycles. The molecule has 0 aliphatic heterocycles. The third kappa shape index (κ3) is 3.62. The second-order valence-corrected chi connectivity index (χ2v) is 6.16. The molecule has 2 rings (SSSR count). The molecule has 0 unspecified atom stereocenters. The molecule has 0 aromatic heterocycles. The summed E-state index contributed by atoms with van der Waals surface area (Å²) in [6.45, 7) is 4.36. The number of benzene rings is 2. The van der Waals surface area contributed by atoms with Crippen molar-refractivity contribution < 1.29 is 4.79 Å². The molecular weight excluding hydrogens is 276 g/mol. The molecule has 2 aromatic rings. The summed E-state index contributed by atoms with van der Waals surface area (Å²) in [5.74, 6) is 0.537. The maximum atomic E-state index is 10.7. The summed E-state index contributed by atoms with van der Waals surface area (Å²) < 4.78 is 0. The molecule has 0 radical (unpaired) electrons. The van der Waals surface area contributed by atoms with E-state index in [9.17, 15) is 4.79 Å². The van der Waals surface area contributed by atoms with Gasteiger partial charge < -0.3 is 0 Å². The second kappa shape index (κ2) is 6.27. The number of halogens is 1. The van der Waals surface area contributed by atoms with Gasteiger partial charge >= 0.3 is 0 Å². The Morgan fingerprint density at radius 3 is 2.32 bits per heavy atom. The monoisotopic (exact) mass is 290 g/mol. The summed E-state index contributed by atoms with van der Waals surface area (Å²) in [5, 5.41) is 0.613. The highest BCUT2D eigenvalue weighted by Crippen LogP contribution is 2.34. The molecule has 19 heavy (non-hydrogen) atoms. The summed E-state index contributed by atoms with van der Waals surface area (Å²) in [7, 11) is 0. The SMILES string of the molecule is CC(C)c1ccc(Sc2ccc(C=O)cc2Cl)cc1. The van der Waals surface area contributed by atoms with Crippen molar-refractivity contribution in [3.63, 3.8) is 0 Å².